The predicted molar refractivity (Wildman–Crippen MR) is 80.3 cm³/mol. The summed E-state index contributed by atoms with van der Waals surface area (Å²) in [4.78, 5) is 23.2. The highest BCUT2D eigenvalue weighted by molar-refractivity contribution is 7.89. The molecule has 8 heteroatoms. The quantitative estimate of drug-likeness (QED) is 0.747. The summed E-state index contributed by atoms with van der Waals surface area (Å²) >= 11 is 0. The van der Waals surface area contributed by atoms with E-state index in [0.717, 1.165) is 6.26 Å². The number of amides is 1. The lowest BCUT2D eigenvalue weighted by Crippen LogP contribution is -2.49. The van der Waals surface area contributed by atoms with Crippen LogP contribution >= 0.6 is 0 Å². The van der Waals surface area contributed by atoms with Gasteiger partial charge in [-0.2, -0.15) is 0 Å². The van der Waals surface area contributed by atoms with Gasteiger partial charge in [-0.1, -0.05) is 13.8 Å². The van der Waals surface area contributed by atoms with E-state index in [1.807, 2.05) is 0 Å². The number of carbonyl (C=O) groups is 2. The van der Waals surface area contributed by atoms with Crippen molar-refractivity contribution in [1.29, 1.82) is 0 Å². The third-order valence-electron chi connectivity index (χ3n) is 3.51. The molecule has 124 valence electrons. The molecule has 0 aliphatic rings. The standard InChI is InChI=1S/C14H21NO6S/c1-4-14(5-2,8-12(16)17)15-13(18)11-7-6-10(21-11)9-22(3,19)20/h6-7H,4-5,8-9H2,1-3H3,(H,15,18)(H,16,17). The normalized spacial score (nSPS) is 12.1. The molecular formula is C14H21NO6S. The van der Waals surface area contributed by atoms with Crippen LogP contribution in [0.4, 0.5) is 0 Å². The van der Waals surface area contributed by atoms with Gasteiger partial charge in [0.2, 0.25) is 0 Å². The van der Waals surface area contributed by atoms with Crippen LogP contribution in [-0.4, -0.2) is 37.2 Å². The van der Waals surface area contributed by atoms with Crippen LogP contribution in [0.1, 0.15) is 49.4 Å². The molecule has 0 spiro atoms. The van der Waals surface area contributed by atoms with Crippen molar-refractivity contribution in [3.63, 3.8) is 0 Å². The average Bonchev–Trinajstić information content (AvgIpc) is 2.83. The van der Waals surface area contributed by atoms with Crippen molar-refractivity contribution in [2.24, 2.45) is 0 Å². The van der Waals surface area contributed by atoms with Crippen LogP contribution in [-0.2, 0) is 20.4 Å². The molecule has 0 saturated carbocycles. The lowest BCUT2D eigenvalue weighted by atomic mass is 9.89. The Labute approximate surface area is 129 Å². The van der Waals surface area contributed by atoms with Crippen molar-refractivity contribution >= 4 is 21.7 Å². The van der Waals surface area contributed by atoms with E-state index >= 15 is 0 Å². The van der Waals surface area contributed by atoms with Gasteiger partial charge in [0.1, 0.15) is 11.5 Å². The van der Waals surface area contributed by atoms with E-state index in [-0.39, 0.29) is 23.7 Å². The molecule has 7 nitrogen and oxygen atoms in total. The third-order valence-corrected chi connectivity index (χ3v) is 4.32. The van der Waals surface area contributed by atoms with Crippen LogP contribution in [0, 0.1) is 0 Å². The van der Waals surface area contributed by atoms with E-state index < -0.39 is 27.3 Å². The molecule has 0 aliphatic heterocycles. The molecule has 0 radical (unpaired) electrons. The highest BCUT2D eigenvalue weighted by Gasteiger charge is 2.32. The van der Waals surface area contributed by atoms with Crippen LogP contribution in [0.15, 0.2) is 16.5 Å². The molecule has 1 aromatic heterocycles. The predicted octanol–water partition coefficient (Wildman–Crippen LogP) is 1.59. The molecule has 0 saturated heterocycles. The monoisotopic (exact) mass is 331 g/mol. The zero-order valence-electron chi connectivity index (χ0n) is 12.9. The third kappa shape index (κ3) is 5.18. The van der Waals surface area contributed by atoms with Crippen molar-refractivity contribution in [2.75, 3.05) is 6.26 Å². The molecule has 0 unspecified atom stereocenters. The lowest BCUT2D eigenvalue weighted by molar-refractivity contribution is -0.138. The van der Waals surface area contributed by atoms with Gasteiger partial charge in [0, 0.05) is 6.26 Å². The number of hydrogen-bond donors (Lipinski definition) is 2. The van der Waals surface area contributed by atoms with Crippen molar-refractivity contribution in [1.82, 2.24) is 5.32 Å². The molecule has 0 atom stereocenters. The molecule has 0 bridgehead atoms. The van der Waals surface area contributed by atoms with Crippen LogP contribution in [0.5, 0.6) is 0 Å². The minimum absolute atomic E-state index is 0.0321. The van der Waals surface area contributed by atoms with Gasteiger partial charge in [0.05, 0.1) is 12.0 Å². The molecule has 0 aromatic carbocycles. The first-order valence-corrected chi connectivity index (χ1v) is 8.97. The maximum Gasteiger partial charge on any atom is 0.305 e. The Bertz CT molecular complexity index is 642. The topological polar surface area (TPSA) is 114 Å². The average molecular weight is 331 g/mol. The Hall–Kier alpha value is -1.83. The van der Waals surface area contributed by atoms with Crippen LogP contribution < -0.4 is 5.32 Å². The van der Waals surface area contributed by atoms with Crippen molar-refractivity contribution in [3.05, 3.63) is 23.7 Å². The Morgan fingerprint density at radius 1 is 1.27 bits per heavy atom. The zero-order chi connectivity index (χ0) is 17.0. The highest BCUT2D eigenvalue weighted by atomic mass is 32.2. The second kappa shape index (κ2) is 6.95. The number of carboxylic acids is 1. The highest BCUT2D eigenvalue weighted by Crippen LogP contribution is 2.21. The largest absolute Gasteiger partial charge is 0.481 e. The van der Waals surface area contributed by atoms with Gasteiger partial charge in [0.15, 0.2) is 15.6 Å². The minimum atomic E-state index is -3.25. The molecule has 1 aromatic rings. The number of carboxylic acid groups (broad SMARTS) is 1. The van der Waals surface area contributed by atoms with Crippen LogP contribution in [0.2, 0.25) is 0 Å². The van der Waals surface area contributed by atoms with Gasteiger partial charge in [-0.05, 0) is 25.0 Å². The summed E-state index contributed by atoms with van der Waals surface area (Å²) in [7, 11) is -3.25. The number of carbonyl (C=O) groups excluding carboxylic acids is 1. The molecule has 1 heterocycles. The second-order valence-corrected chi connectivity index (χ2v) is 7.49. The summed E-state index contributed by atoms with van der Waals surface area (Å²) in [6.07, 6.45) is 1.79. The Morgan fingerprint density at radius 2 is 1.86 bits per heavy atom. The number of rotatable bonds is 8. The minimum Gasteiger partial charge on any atom is -0.481 e. The van der Waals surface area contributed by atoms with Gasteiger partial charge in [-0.3, -0.25) is 9.59 Å². The summed E-state index contributed by atoms with van der Waals surface area (Å²) in [5.41, 5.74) is -0.854. The summed E-state index contributed by atoms with van der Waals surface area (Å²) in [5, 5.41) is 11.7. The molecular weight excluding hydrogens is 310 g/mol. The fourth-order valence-electron chi connectivity index (χ4n) is 2.15. The molecule has 0 aliphatic carbocycles. The fourth-order valence-corrected chi connectivity index (χ4v) is 2.82. The zero-order valence-corrected chi connectivity index (χ0v) is 13.7. The van der Waals surface area contributed by atoms with Crippen LogP contribution in [0.25, 0.3) is 0 Å². The van der Waals surface area contributed by atoms with Gasteiger partial charge in [0.25, 0.3) is 5.91 Å². The number of aliphatic carboxylic acids is 1. The van der Waals surface area contributed by atoms with Crippen molar-refractivity contribution in [2.45, 2.75) is 44.4 Å². The maximum absolute atomic E-state index is 12.2. The fraction of sp³-hybridized carbons (Fsp3) is 0.571. The Kier molecular flexibility index (Phi) is 5.76. The first-order chi connectivity index (χ1) is 10.1. The summed E-state index contributed by atoms with van der Waals surface area (Å²) in [5.74, 6) is -1.70. The number of furan rings is 1. The van der Waals surface area contributed by atoms with E-state index in [9.17, 15) is 18.0 Å². The molecule has 1 rings (SSSR count). The SMILES string of the molecule is CCC(CC)(CC(=O)O)NC(=O)c1ccc(CS(C)(=O)=O)o1. The molecule has 0 fully saturated rings. The summed E-state index contributed by atoms with van der Waals surface area (Å²) in [6.45, 7) is 3.59. The van der Waals surface area contributed by atoms with E-state index in [4.69, 9.17) is 9.52 Å². The van der Waals surface area contributed by atoms with E-state index in [1.54, 1.807) is 13.8 Å². The van der Waals surface area contributed by atoms with Crippen LogP contribution in [0.3, 0.4) is 0 Å². The first-order valence-electron chi connectivity index (χ1n) is 6.91. The van der Waals surface area contributed by atoms with Crippen molar-refractivity contribution in [3.8, 4) is 0 Å². The van der Waals surface area contributed by atoms with E-state index in [1.165, 1.54) is 12.1 Å². The smallest absolute Gasteiger partial charge is 0.305 e. The summed E-state index contributed by atoms with van der Waals surface area (Å²) in [6, 6.07) is 2.80. The van der Waals surface area contributed by atoms with Gasteiger partial charge in [-0.15, -0.1) is 0 Å². The molecule has 2 N–H and O–H groups in total. The molecule has 1 amide bonds. The van der Waals surface area contributed by atoms with E-state index in [2.05, 4.69) is 5.32 Å². The lowest BCUT2D eigenvalue weighted by Gasteiger charge is -2.30. The second-order valence-electron chi connectivity index (χ2n) is 5.35. The van der Waals surface area contributed by atoms with E-state index in [0.29, 0.717) is 12.8 Å². The van der Waals surface area contributed by atoms with Gasteiger partial charge < -0.3 is 14.8 Å². The maximum atomic E-state index is 12.2. The molecule has 22 heavy (non-hydrogen) atoms. The first kappa shape index (κ1) is 18.2. The number of hydrogen-bond acceptors (Lipinski definition) is 5. The number of nitrogens with one attached hydrogen (secondary N) is 1. The Balaban J connectivity index is 2.89. The number of sulfone groups is 1. The van der Waals surface area contributed by atoms with Gasteiger partial charge in [-0.25, -0.2) is 8.42 Å². The van der Waals surface area contributed by atoms with Crippen molar-refractivity contribution < 1.29 is 27.5 Å². The van der Waals surface area contributed by atoms with Gasteiger partial charge >= 0.3 is 5.97 Å². The Morgan fingerprint density at radius 3 is 2.32 bits per heavy atom. The summed E-state index contributed by atoms with van der Waals surface area (Å²) < 4.78 is 27.6.